The first kappa shape index (κ1) is 14.5. The van der Waals surface area contributed by atoms with Crippen molar-refractivity contribution in [2.75, 3.05) is 26.4 Å². The van der Waals surface area contributed by atoms with Crippen molar-refractivity contribution >= 4 is 5.97 Å². The molecule has 0 saturated carbocycles. The van der Waals surface area contributed by atoms with Gasteiger partial charge in [0.25, 0.3) is 0 Å². The first-order valence-corrected chi connectivity index (χ1v) is 5.94. The number of phenols is 1. The van der Waals surface area contributed by atoms with E-state index in [2.05, 4.69) is 5.32 Å². The second-order valence-corrected chi connectivity index (χ2v) is 3.70. The standard InChI is InChI=1S/C13H19NO4/c1-2-18-13(16)10-17-8-7-14-9-11-3-5-12(15)6-4-11/h3-6,14-15H,2,7-10H2,1H3. The van der Waals surface area contributed by atoms with Gasteiger partial charge < -0.3 is 19.9 Å². The third-order valence-electron chi connectivity index (χ3n) is 2.21. The van der Waals surface area contributed by atoms with E-state index in [1.165, 1.54) is 0 Å². The Morgan fingerprint density at radius 2 is 2.06 bits per heavy atom. The van der Waals surface area contributed by atoms with Crippen LogP contribution in [0.3, 0.4) is 0 Å². The Hall–Kier alpha value is -1.59. The van der Waals surface area contributed by atoms with Gasteiger partial charge in [-0.1, -0.05) is 12.1 Å². The number of aromatic hydroxyl groups is 1. The van der Waals surface area contributed by atoms with Crippen LogP contribution in [-0.2, 0) is 20.8 Å². The molecule has 0 atom stereocenters. The molecule has 0 bridgehead atoms. The van der Waals surface area contributed by atoms with E-state index < -0.39 is 0 Å². The van der Waals surface area contributed by atoms with Gasteiger partial charge in [-0.15, -0.1) is 0 Å². The normalized spacial score (nSPS) is 10.3. The first-order chi connectivity index (χ1) is 8.72. The van der Waals surface area contributed by atoms with Crippen LogP contribution in [0.4, 0.5) is 0 Å². The highest BCUT2D eigenvalue weighted by Crippen LogP contribution is 2.08. The third-order valence-corrected chi connectivity index (χ3v) is 2.21. The SMILES string of the molecule is CCOC(=O)COCCNCc1ccc(O)cc1. The maximum Gasteiger partial charge on any atom is 0.332 e. The highest BCUT2D eigenvalue weighted by atomic mass is 16.6. The van der Waals surface area contributed by atoms with Crippen molar-refractivity contribution in [3.63, 3.8) is 0 Å². The molecule has 0 radical (unpaired) electrons. The zero-order valence-electron chi connectivity index (χ0n) is 10.5. The summed E-state index contributed by atoms with van der Waals surface area (Å²) in [5.41, 5.74) is 1.08. The lowest BCUT2D eigenvalue weighted by molar-refractivity contribution is -0.148. The van der Waals surface area contributed by atoms with Crippen LogP contribution in [0.25, 0.3) is 0 Å². The quantitative estimate of drug-likeness (QED) is 0.535. The summed E-state index contributed by atoms with van der Waals surface area (Å²) in [7, 11) is 0. The van der Waals surface area contributed by atoms with Gasteiger partial charge in [0.15, 0.2) is 0 Å². The Morgan fingerprint density at radius 3 is 2.72 bits per heavy atom. The zero-order valence-corrected chi connectivity index (χ0v) is 10.5. The summed E-state index contributed by atoms with van der Waals surface area (Å²) in [5.74, 6) is -0.0763. The van der Waals surface area contributed by atoms with Gasteiger partial charge in [0.2, 0.25) is 0 Å². The maximum absolute atomic E-state index is 10.9. The molecule has 0 aromatic heterocycles. The van der Waals surface area contributed by atoms with Crippen molar-refractivity contribution in [1.29, 1.82) is 0 Å². The molecule has 5 nitrogen and oxygen atoms in total. The summed E-state index contributed by atoms with van der Waals surface area (Å²) in [6.07, 6.45) is 0. The van der Waals surface area contributed by atoms with Crippen molar-refractivity contribution in [3.8, 4) is 5.75 Å². The Bertz CT molecular complexity index is 351. The molecule has 0 heterocycles. The van der Waals surface area contributed by atoms with Gasteiger partial charge >= 0.3 is 5.97 Å². The van der Waals surface area contributed by atoms with E-state index in [0.29, 0.717) is 26.3 Å². The average molecular weight is 253 g/mol. The van der Waals surface area contributed by atoms with Crippen molar-refractivity contribution in [3.05, 3.63) is 29.8 Å². The number of hydrogen-bond acceptors (Lipinski definition) is 5. The summed E-state index contributed by atoms with van der Waals surface area (Å²) >= 11 is 0. The minimum atomic E-state index is -0.337. The molecule has 0 unspecified atom stereocenters. The van der Waals surface area contributed by atoms with Crippen LogP contribution in [-0.4, -0.2) is 37.4 Å². The molecule has 1 aromatic rings. The third kappa shape index (κ3) is 6.22. The number of hydrogen-bond donors (Lipinski definition) is 2. The Morgan fingerprint density at radius 1 is 1.33 bits per heavy atom. The minimum Gasteiger partial charge on any atom is -0.508 e. The second-order valence-electron chi connectivity index (χ2n) is 3.70. The molecule has 1 rings (SSSR count). The lowest BCUT2D eigenvalue weighted by Crippen LogP contribution is -2.21. The number of benzene rings is 1. The van der Waals surface area contributed by atoms with Crippen molar-refractivity contribution in [1.82, 2.24) is 5.32 Å². The van der Waals surface area contributed by atoms with Crippen LogP contribution in [0.5, 0.6) is 5.75 Å². The van der Waals surface area contributed by atoms with Crippen molar-refractivity contribution in [2.24, 2.45) is 0 Å². The predicted molar refractivity (Wildman–Crippen MR) is 67.3 cm³/mol. The van der Waals surface area contributed by atoms with Gasteiger partial charge in [0.1, 0.15) is 12.4 Å². The van der Waals surface area contributed by atoms with Crippen LogP contribution >= 0.6 is 0 Å². The number of nitrogens with one attached hydrogen (secondary N) is 1. The number of rotatable bonds is 8. The second kappa shape index (κ2) is 8.49. The molecule has 0 aliphatic rings. The zero-order chi connectivity index (χ0) is 13.2. The molecule has 0 spiro atoms. The van der Waals surface area contributed by atoms with Crippen molar-refractivity contribution < 1.29 is 19.4 Å². The van der Waals surface area contributed by atoms with Crippen molar-refractivity contribution in [2.45, 2.75) is 13.5 Å². The topological polar surface area (TPSA) is 67.8 Å². The van der Waals surface area contributed by atoms with E-state index in [0.717, 1.165) is 5.56 Å². The smallest absolute Gasteiger partial charge is 0.332 e. The highest BCUT2D eigenvalue weighted by Gasteiger charge is 2.00. The van der Waals surface area contributed by atoms with E-state index >= 15 is 0 Å². The Labute approximate surface area is 107 Å². The summed E-state index contributed by atoms with van der Waals surface area (Å²) < 4.78 is 9.85. The molecule has 0 saturated heterocycles. The van der Waals surface area contributed by atoms with Crippen LogP contribution in [0, 0.1) is 0 Å². The summed E-state index contributed by atoms with van der Waals surface area (Å²) in [6.45, 7) is 3.94. The molecule has 0 amide bonds. The first-order valence-electron chi connectivity index (χ1n) is 5.94. The lowest BCUT2D eigenvalue weighted by Gasteiger charge is -2.06. The van der Waals surface area contributed by atoms with Gasteiger partial charge in [-0.25, -0.2) is 4.79 Å². The maximum atomic E-state index is 10.9. The Balaban J connectivity index is 2.02. The van der Waals surface area contributed by atoms with Gasteiger partial charge in [-0.3, -0.25) is 0 Å². The molecule has 0 aliphatic carbocycles. The number of esters is 1. The summed E-state index contributed by atoms with van der Waals surface area (Å²) in [4.78, 5) is 10.9. The van der Waals surface area contributed by atoms with Crippen LogP contribution in [0.1, 0.15) is 12.5 Å². The van der Waals surface area contributed by atoms with Gasteiger partial charge in [0.05, 0.1) is 13.2 Å². The monoisotopic (exact) mass is 253 g/mol. The van der Waals surface area contributed by atoms with Gasteiger partial charge in [0, 0.05) is 13.1 Å². The van der Waals surface area contributed by atoms with E-state index in [9.17, 15) is 4.79 Å². The Kier molecular flexibility index (Phi) is 6.83. The molecule has 100 valence electrons. The molecule has 18 heavy (non-hydrogen) atoms. The molecular weight excluding hydrogens is 234 g/mol. The highest BCUT2D eigenvalue weighted by molar-refractivity contribution is 5.70. The molecule has 0 aliphatic heterocycles. The number of ether oxygens (including phenoxy) is 2. The van der Waals surface area contributed by atoms with E-state index in [4.69, 9.17) is 14.6 Å². The number of carbonyl (C=O) groups excluding carboxylic acids is 1. The van der Waals surface area contributed by atoms with E-state index in [1.54, 1.807) is 19.1 Å². The minimum absolute atomic E-state index is 0.00523. The predicted octanol–water partition coefficient (Wildman–Crippen LogP) is 1.06. The lowest BCUT2D eigenvalue weighted by atomic mass is 10.2. The fourth-order valence-corrected chi connectivity index (χ4v) is 1.35. The van der Waals surface area contributed by atoms with Crippen LogP contribution < -0.4 is 5.32 Å². The van der Waals surface area contributed by atoms with Gasteiger partial charge in [-0.2, -0.15) is 0 Å². The van der Waals surface area contributed by atoms with Crippen LogP contribution in [0.15, 0.2) is 24.3 Å². The number of carbonyl (C=O) groups is 1. The van der Waals surface area contributed by atoms with Crippen LogP contribution in [0.2, 0.25) is 0 Å². The molecule has 0 fully saturated rings. The summed E-state index contributed by atoms with van der Waals surface area (Å²) in [5, 5.41) is 12.3. The molecule has 5 heteroatoms. The molecule has 1 aromatic carbocycles. The fraction of sp³-hybridized carbons (Fsp3) is 0.462. The summed E-state index contributed by atoms with van der Waals surface area (Å²) in [6, 6.07) is 6.99. The fourth-order valence-electron chi connectivity index (χ4n) is 1.35. The largest absolute Gasteiger partial charge is 0.508 e. The molecule has 2 N–H and O–H groups in total. The van der Waals surface area contributed by atoms with E-state index in [1.807, 2.05) is 12.1 Å². The molecular formula is C13H19NO4. The number of phenolic OH excluding ortho intramolecular Hbond substituents is 1. The van der Waals surface area contributed by atoms with E-state index in [-0.39, 0.29) is 18.3 Å². The average Bonchev–Trinajstić information content (AvgIpc) is 2.36. The van der Waals surface area contributed by atoms with Gasteiger partial charge in [-0.05, 0) is 24.6 Å².